The average Bonchev–Trinajstić information content (AvgIpc) is 2.26. The molecular weight excluding hydrogens is 210 g/mol. The quantitative estimate of drug-likeness (QED) is 0.800. The molecule has 1 rings (SSSR count). The van der Waals surface area contributed by atoms with Crippen LogP contribution in [-0.2, 0) is 4.79 Å². The van der Waals surface area contributed by atoms with Crippen molar-refractivity contribution < 1.29 is 18.7 Å². The van der Waals surface area contributed by atoms with Crippen LogP contribution in [0.4, 0.5) is 8.78 Å². The molecule has 1 atom stereocenters. The van der Waals surface area contributed by atoms with Gasteiger partial charge < -0.3 is 5.11 Å². The van der Waals surface area contributed by atoms with Crippen molar-refractivity contribution in [3.63, 3.8) is 0 Å². The molecule has 82 valence electrons. The van der Waals surface area contributed by atoms with Crippen LogP contribution in [0, 0.1) is 5.92 Å². The van der Waals surface area contributed by atoms with E-state index in [0.717, 1.165) is 0 Å². The number of alkyl halides is 2. The highest BCUT2D eigenvalue weighted by atomic mass is 32.2. The monoisotopic (exact) mass is 224 g/mol. The minimum absolute atomic E-state index is 0.401. The summed E-state index contributed by atoms with van der Waals surface area (Å²) < 4.78 is 26.4. The number of carboxylic acid groups (broad SMARTS) is 1. The molecular formula is C9H14F2O2S. The predicted molar refractivity (Wildman–Crippen MR) is 51.8 cm³/mol. The van der Waals surface area contributed by atoms with Crippen LogP contribution in [-0.4, -0.2) is 27.5 Å². The molecule has 5 heteroatoms. The summed E-state index contributed by atoms with van der Waals surface area (Å²) in [6.45, 7) is 3.51. The van der Waals surface area contributed by atoms with Crippen molar-refractivity contribution in [2.24, 2.45) is 5.92 Å². The molecule has 0 aliphatic carbocycles. The van der Waals surface area contributed by atoms with Crippen LogP contribution in [0.15, 0.2) is 0 Å². The minimum Gasteiger partial charge on any atom is -0.481 e. The van der Waals surface area contributed by atoms with Gasteiger partial charge in [0.15, 0.2) is 0 Å². The van der Waals surface area contributed by atoms with Gasteiger partial charge in [-0.25, -0.2) is 8.78 Å². The number of thioether (sulfide) groups is 1. The second kappa shape index (κ2) is 3.68. The molecule has 1 N–H and O–H groups in total. The summed E-state index contributed by atoms with van der Waals surface area (Å²) in [7, 11) is 0. The van der Waals surface area contributed by atoms with Crippen LogP contribution in [0.2, 0.25) is 0 Å². The summed E-state index contributed by atoms with van der Waals surface area (Å²) >= 11 is 1.49. The summed E-state index contributed by atoms with van der Waals surface area (Å²) in [5.41, 5.74) is 0. The minimum atomic E-state index is -3.08. The van der Waals surface area contributed by atoms with E-state index in [9.17, 15) is 13.6 Å². The molecule has 0 bridgehead atoms. The van der Waals surface area contributed by atoms with Crippen LogP contribution in [0.3, 0.4) is 0 Å². The highest BCUT2D eigenvalue weighted by molar-refractivity contribution is 8.00. The third kappa shape index (κ3) is 2.38. The SMILES string of the molecule is CC1(C)SCCC1C(F)(F)CC(=O)O. The van der Waals surface area contributed by atoms with E-state index >= 15 is 0 Å². The summed E-state index contributed by atoms with van der Waals surface area (Å²) in [5.74, 6) is -4.65. The molecule has 0 aromatic rings. The zero-order valence-corrected chi connectivity index (χ0v) is 9.03. The van der Waals surface area contributed by atoms with E-state index in [0.29, 0.717) is 12.2 Å². The van der Waals surface area contributed by atoms with Gasteiger partial charge in [-0.05, 0) is 12.2 Å². The highest BCUT2D eigenvalue weighted by Gasteiger charge is 2.52. The van der Waals surface area contributed by atoms with E-state index in [1.165, 1.54) is 11.8 Å². The Morgan fingerprint density at radius 3 is 2.57 bits per heavy atom. The van der Waals surface area contributed by atoms with Gasteiger partial charge >= 0.3 is 5.97 Å². The molecule has 2 nitrogen and oxygen atoms in total. The molecule has 1 saturated heterocycles. The fourth-order valence-corrected chi connectivity index (χ4v) is 3.30. The van der Waals surface area contributed by atoms with E-state index in [-0.39, 0.29) is 0 Å². The summed E-state index contributed by atoms with van der Waals surface area (Å²) in [6, 6.07) is 0. The van der Waals surface area contributed by atoms with Gasteiger partial charge in [-0.3, -0.25) is 4.79 Å². The fraction of sp³-hybridized carbons (Fsp3) is 0.889. The Balaban J connectivity index is 2.76. The predicted octanol–water partition coefficient (Wildman–Crippen LogP) is 2.63. The number of carboxylic acids is 1. The molecule has 1 fully saturated rings. The van der Waals surface area contributed by atoms with Crippen molar-refractivity contribution >= 4 is 17.7 Å². The first-order valence-electron chi connectivity index (χ1n) is 4.49. The molecule has 1 heterocycles. The molecule has 0 aromatic carbocycles. The van der Waals surface area contributed by atoms with E-state index in [4.69, 9.17) is 5.11 Å². The van der Waals surface area contributed by atoms with Crippen LogP contribution in [0.1, 0.15) is 26.7 Å². The van der Waals surface area contributed by atoms with Crippen molar-refractivity contribution in [2.45, 2.75) is 37.4 Å². The Morgan fingerprint density at radius 2 is 2.21 bits per heavy atom. The van der Waals surface area contributed by atoms with Crippen LogP contribution in [0.5, 0.6) is 0 Å². The summed E-state index contributed by atoms with van der Waals surface area (Å²) in [6.07, 6.45) is -0.653. The van der Waals surface area contributed by atoms with Gasteiger partial charge in [0, 0.05) is 10.7 Å². The molecule has 1 aliphatic rings. The first-order valence-corrected chi connectivity index (χ1v) is 5.48. The molecule has 0 radical (unpaired) electrons. The number of hydrogen-bond donors (Lipinski definition) is 1. The lowest BCUT2D eigenvalue weighted by molar-refractivity contribution is -0.150. The topological polar surface area (TPSA) is 37.3 Å². The Kier molecular flexibility index (Phi) is 3.09. The molecule has 0 spiro atoms. The van der Waals surface area contributed by atoms with Crippen molar-refractivity contribution in [1.82, 2.24) is 0 Å². The Labute approximate surface area is 86.1 Å². The third-order valence-corrected chi connectivity index (χ3v) is 4.08. The maximum Gasteiger partial charge on any atom is 0.309 e. The third-order valence-electron chi connectivity index (χ3n) is 2.62. The zero-order valence-electron chi connectivity index (χ0n) is 8.22. The lowest BCUT2D eigenvalue weighted by atomic mass is 9.85. The fourth-order valence-electron chi connectivity index (χ4n) is 1.93. The average molecular weight is 224 g/mol. The van der Waals surface area contributed by atoms with Gasteiger partial charge in [-0.15, -0.1) is 0 Å². The molecule has 0 amide bonds. The number of halogens is 2. The van der Waals surface area contributed by atoms with Gasteiger partial charge in [0.05, 0.1) is 0 Å². The molecule has 1 aliphatic heterocycles. The van der Waals surface area contributed by atoms with Gasteiger partial charge in [0.25, 0.3) is 5.92 Å². The van der Waals surface area contributed by atoms with Gasteiger partial charge in [0.1, 0.15) is 6.42 Å². The molecule has 0 aromatic heterocycles. The van der Waals surface area contributed by atoms with Gasteiger partial charge in [0.2, 0.25) is 0 Å². The van der Waals surface area contributed by atoms with Crippen molar-refractivity contribution in [3.05, 3.63) is 0 Å². The zero-order chi connectivity index (χ0) is 11.0. The number of rotatable bonds is 3. The first-order chi connectivity index (χ1) is 6.26. The smallest absolute Gasteiger partial charge is 0.309 e. The van der Waals surface area contributed by atoms with Crippen LogP contribution in [0.25, 0.3) is 0 Å². The van der Waals surface area contributed by atoms with Crippen LogP contribution < -0.4 is 0 Å². The lowest BCUT2D eigenvalue weighted by Gasteiger charge is -2.32. The van der Waals surface area contributed by atoms with Crippen molar-refractivity contribution in [3.8, 4) is 0 Å². The van der Waals surface area contributed by atoms with Crippen molar-refractivity contribution in [2.75, 3.05) is 5.75 Å². The van der Waals surface area contributed by atoms with Crippen molar-refractivity contribution in [1.29, 1.82) is 0 Å². The van der Waals surface area contributed by atoms with Crippen LogP contribution >= 0.6 is 11.8 Å². The Morgan fingerprint density at radius 1 is 1.64 bits per heavy atom. The summed E-state index contributed by atoms with van der Waals surface area (Å²) in [4.78, 5) is 10.3. The van der Waals surface area contributed by atoms with E-state index in [1.807, 2.05) is 0 Å². The lowest BCUT2D eigenvalue weighted by Crippen LogP contribution is -2.39. The molecule has 14 heavy (non-hydrogen) atoms. The first kappa shape index (κ1) is 11.8. The summed E-state index contributed by atoms with van der Waals surface area (Å²) in [5, 5.41) is 8.39. The molecule has 1 unspecified atom stereocenters. The van der Waals surface area contributed by atoms with Gasteiger partial charge in [-0.1, -0.05) is 13.8 Å². The maximum atomic E-state index is 13.5. The molecule has 0 saturated carbocycles. The maximum absolute atomic E-state index is 13.5. The Hall–Kier alpha value is -0.320. The van der Waals surface area contributed by atoms with E-state index in [1.54, 1.807) is 13.8 Å². The second-order valence-corrected chi connectivity index (χ2v) is 5.87. The highest BCUT2D eigenvalue weighted by Crippen LogP contribution is 2.50. The number of aliphatic carboxylic acids is 1. The standard InChI is InChI=1S/C9H14F2O2S/c1-8(2)6(3-4-14-8)9(10,11)5-7(12)13/h6H,3-5H2,1-2H3,(H,12,13). The van der Waals surface area contributed by atoms with E-state index < -0.39 is 29.0 Å². The number of hydrogen-bond acceptors (Lipinski definition) is 2. The Bertz CT molecular complexity index is 241. The largest absolute Gasteiger partial charge is 0.481 e. The normalized spacial score (nSPS) is 26.4. The second-order valence-electron chi connectivity index (χ2n) is 4.12. The van der Waals surface area contributed by atoms with Gasteiger partial charge in [-0.2, -0.15) is 11.8 Å². The number of carbonyl (C=O) groups is 1. The van der Waals surface area contributed by atoms with E-state index in [2.05, 4.69) is 0 Å².